The summed E-state index contributed by atoms with van der Waals surface area (Å²) in [5.41, 5.74) is 7.35. The highest BCUT2D eigenvalue weighted by atomic mass is 35.5. The first-order valence-electron chi connectivity index (χ1n) is 6.08. The molecule has 2 nitrogen and oxygen atoms in total. The van der Waals surface area contributed by atoms with E-state index in [4.69, 9.17) is 28.9 Å². The Morgan fingerprint density at radius 1 is 1.33 bits per heavy atom. The highest BCUT2D eigenvalue weighted by Crippen LogP contribution is 2.31. The van der Waals surface area contributed by atoms with E-state index in [0.29, 0.717) is 27.0 Å². The predicted octanol–water partition coefficient (Wildman–Crippen LogP) is 3.90. The van der Waals surface area contributed by atoms with Crippen LogP contribution in [0, 0.1) is 0 Å². The number of hydrogen-bond acceptors (Lipinski definition) is 3. The van der Waals surface area contributed by atoms with Gasteiger partial charge in [-0.3, -0.25) is 4.90 Å². The Hall–Kier alpha value is -0.0900. The van der Waals surface area contributed by atoms with Crippen LogP contribution in [0.3, 0.4) is 0 Å². The summed E-state index contributed by atoms with van der Waals surface area (Å²) >= 11 is 14.2. The first-order chi connectivity index (χ1) is 8.49. The average molecular weight is 305 g/mol. The van der Waals surface area contributed by atoms with Gasteiger partial charge in [0.1, 0.15) is 0 Å². The molecule has 0 bridgehead atoms. The molecule has 100 valence electrons. The maximum absolute atomic E-state index is 6.07. The van der Waals surface area contributed by atoms with Crippen LogP contribution in [0.4, 0.5) is 5.69 Å². The molecule has 1 aliphatic rings. The Balaban J connectivity index is 2.14. The van der Waals surface area contributed by atoms with Crippen molar-refractivity contribution in [3.8, 4) is 0 Å². The summed E-state index contributed by atoms with van der Waals surface area (Å²) in [6.45, 7) is 6.54. The lowest BCUT2D eigenvalue weighted by molar-refractivity contribution is 0.204. The summed E-state index contributed by atoms with van der Waals surface area (Å²) in [7, 11) is 0. The van der Waals surface area contributed by atoms with Crippen LogP contribution in [-0.2, 0) is 6.54 Å². The minimum absolute atomic E-state index is 0.470. The topological polar surface area (TPSA) is 29.3 Å². The molecule has 0 spiro atoms. The van der Waals surface area contributed by atoms with Crippen molar-refractivity contribution < 1.29 is 0 Å². The average Bonchev–Trinajstić information content (AvgIpc) is 2.32. The number of benzene rings is 1. The van der Waals surface area contributed by atoms with E-state index in [2.05, 4.69) is 18.7 Å². The predicted molar refractivity (Wildman–Crippen MR) is 82.7 cm³/mol. The maximum Gasteiger partial charge on any atom is 0.0693 e. The minimum Gasteiger partial charge on any atom is -0.396 e. The second kappa shape index (κ2) is 5.91. The van der Waals surface area contributed by atoms with Crippen LogP contribution >= 0.6 is 35.0 Å². The molecule has 2 unspecified atom stereocenters. The lowest BCUT2D eigenvalue weighted by atomic mass is 10.1. The van der Waals surface area contributed by atoms with E-state index in [-0.39, 0.29) is 0 Å². The zero-order valence-corrected chi connectivity index (χ0v) is 12.9. The van der Waals surface area contributed by atoms with Crippen molar-refractivity contribution in [1.82, 2.24) is 4.90 Å². The van der Waals surface area contributed by atoms with Gasteiger partial charge in [0.25, 0.3) is 0 Å². The molecular formula is C13H18Cl2N2S. The van der Waals surface area contributed by atoms with Crippen LogP contribution < -0.4 is 5.73 Å². The van der Waals surface area contributed by atoms with E-state index < -0.39 is 0 Å². The monoisotopic (exact) mass is 304 g/mol. The maximum atomic E-state index is 6.07. The fourth-order valence-corrected chi connectivity index (χ4v) is 3.88. The summed E-state index contributed by atoms with van der Waals surface area (Å²) in [5, 5.41) is 1.76. The standard InChI is InChI=1S/C13H18Cl2N2S/c1-8-9(2)18-4-3-17(8)7-10-5-11(14)13(16)12(15)6-10/h5-6,8-9H,3-4,7,16H2,1-2H3. The van der Waals surface area contributed by atoms with Crippen LogP contribution in [0.2, 0.25) is 10.0 Å². The molecule has 1 heterocycles. The van der Waals surface area contributed by atoms with E-state index in [1.807, 2.05) is 23.9 Å². The number of hydrogen-bond donors (Lipinski definition) is 1. The molecule has 18 heavy (non-hydrogen) atoms. The number of nitrogen functional groups attached to an aromatic ring is 1. The Morgan fingerprint density at radius 3 is 2.56 bits per heavy atom. The zero-order valence-electron chi connectivity index (χ0n) is 10.6. The molecule has 0 aromatic heterocycles. The van der Waals surface area contributed by atoms with Gasteiger partial charge < -0.3 is 5.73 Å². The molecule has 5 heteroatoms. The van der Waals surface area contributed by atoms with E-state index in [1.165, 1.54) is 5.75 Å². The van der Waals surface area contributed by atoms with E-state index in [9.17, 15) is 0 Å². The van der Waals surface area contributed by atoms with Crippen LogP contribution in [0.5, 0.6) is 0 Å². The van der Waals surface area contributed by atoms with Crippen molar-refractivity contribution in [1.29, 1.82) is 0 Å². The molecule has 2 rings (SSSR count). The molecule has 1 aromatic carbocycles. The first-order valence-corrected chi connectivity index (χ1v) is 7.88. The zero-order chi connectivity index (χ0) is 13.3. The van der Waals surface area contributed by atoms with Gasteiger partial charge in [-0.25, -0.2) is 0 Å². The van der Waals surface area contributed by atoms with E-state index >= 15 is 0 Å². The molecule has 2 N–H and O–H groups in total. The summed E-state index contributed by atoms with van der Waals surface area (Å²) in [6.07, 6.45) is 0. The third-order valence-corrected chi connectivity index (χ3v) is 5.50. The normalized spacial score (nSPS) is 25.3. The fourth-order valence-electron chi connectivity index (χ4n) is 2.18. The Bertz CT molecular complexity index is 416. The van der Waals surface area contributed by atoms with Gasteiger partial charge in [-0.15, -0.1) is 0 Å². The van der Waals surface area contributed by atoms with Crippen molar-refractivity contribution in [2.24, 2.45) is 0 Å². The van der Waals surface area contributed by atoms with Gasteiger partial charge in [0.2, 0.25) is 0 Å². The van der Waals surface area contributed by atoms with Gasteiger partial charge >= 0.3 is 0 Å². The molecule has 0 saturated carbocycles. The summed E-state index contributed by atoms with van der Waals surface area (Å²) in [6, 6.07) is 4.41. The molecular weight excluding hydrogens is 287 g/mol. The number of nitrogens with zero attached hydrogens (tertiary/aromatic N) is 1. The number of nitrogens with two attached hydrogens (primary N) is 1. The van der Waals surface area contributed by atoms with Crippen molar-refractivity contribution in [2.75, 3.05) is 18.0 Å². The smallest absolute Gasteiger partial charge is 0.0693 e. The molecule has 1 aliphatic heterocycles. The molecule has 0 radical (unpaired) electrons. The first kappa shape index (κ1) is 14.3. The Morgan fingerprint density at radius 2 is 1.94 bits per heavy atom. The van der Waals surface area contributed by atoms with Crippen LogP contribution in [0.25, 0.3) is 0 Å². The summed E-state index contributed by atoms with van der Waals surface area (Å²) in [5.74, 6) is 1.18. The minimum atomic E-state index is 0.470. The highest BCUT2D eigenvalue weighted by Gasteiger charge is 2.25. The van der Waals surface area contributed by atoms with Crippen LogP contribution in [0.15, 0.2) is 12.1 Å². The highest BCUT2D eigenvalue weighted by molar-refractivity contribution is 8.00. The van der Waals surface area contributed by atoms with Crippen molar-refractivity contribution >= 4 is 40.7 Å². The van der Waals surface area contributed by atoms with Crippen molar-refractivity contribution in [3.63, 3.8) is 0 Å². The lowest BCUT2D eigenvalue weighted by Gasteiger charge is -2.37. The second-order valence-electron chi connectivity index (χ2n) is 4.76. The summed E-state index contributed by atoms with van der Waals surface area (Å²) in [4.78, 5) is 2.47. The van der Waals surface area contributed by atoms with Crippen LogP contribution in [-0.4, -0.2) is 28.5 Å². The van der Waals surface area contributed by atoms with Gasteiger partial charge in [-0.1, -0.05) is 30.1 Å². The van der Waals surface area contributed by atoms with Crippen molar-refractivity contribution in [2.45, 2.75) is 31.7 Å². The molecule has 1 aromatic rings. The van der Waals surface area contributed by atoms with Gasteiger partial charge in [0, 0.05) is 30.1 Å². The number of rotatable bonds is 2. The van der Waals surface area contributed by atoms with Gasteiger partial charge in [-0.05, 0) is 24.6 Å². The Kier molecular flexibility index (Phi) is 4.70. The SMILES string of the molecule is CC1SCCN(Cc2cc(Cl)c(N)c(Cl)c2)C1C. The molecule has 0 aliphatic carbocycles. The van der Waals surface area contributed by atoms with E-state index in [1.54, 1.807) is 0 Å². The molecule has 1 fully saturated rings. The third-order valence-electron chi connectivity index (χ3n) is 3.54. The number of halogens is 2. The quantitative estimate of drug-likeness (QED) is 0.840. The van der Waals surface area contributed by atoms with E-state index in [0.717, 1.165) is 18.7 Å². The molecule has 0 amide bonds. The molecule has 2 atom stereocenters. The third kappa shape index (κ3) is 3.08. The number of anilines is 1. The van der Waals surface area contributed by atoms with Gasteiger partial charge in [0.15, 0.2) is 0 Å². The summed E-state index contributed by atoms with van der Waals surface area (Å²) < 4.78 is 0. The molecule has 1 saturated heterocycles. The van der Waals surface area contributed by atoms with Gasteiger partial charge in [0.05, 0.1) is 15.7 Å². The fraction of sp³-hybridized carbons (Fsp3) is 0.538. The Labute approximate surface area is 123 Å². The van der Waals surface area contributed by atoms with Crippen LogP contribution in [0.1, 0.15) is 19.4 Å². The van der Waals surface area contributed by atoms with Gasteiger partial charge in [-0.2, -0.15) is 11.8 Å². The second-order valence-corrected chi connectivity index (χ2v) is 7.06. The largest absolute Gasteiger partial charge is 0.396 e. The van der Waals surface area contributed by atoms with Crippen molar-refractivity contribution in [3.05, 3.63) is 27.7 Å². The lowest BCUT2D eigenvalue weighted by Crippen LogP contribution is -2.43. The number of thioether (sulfide) groups is 1.